The molecule has 0 bridgehead atoms. The summed E-state index contributed by atoms with van der Waals surface area (Å²) < 4.78 is 1.52. The van der Waals surface area contributed by atoms with Gasteiger partial charge in [-0.2, -0.15) is 0 Å². The van der Waals surface area contributed by atoms with E-state index >= 15 is 0 Å². The highest BCUT2D eigenvalue weighted by Crippen LogP contribution is 2.25. The van der Waals surface area contributed by atoms with Crippen molar-refractivity contribution < 1.29 is 19.5 Å². The minimum atomic E-state index is -1.09. The van der Waals surface area contributed by atoms with Gasteiger partial charge in [-0.05, 0) is 66.9 Å². The van der Waals surface area contributed by atoms with Crippen LogP contribution in [0.3, 0.4) is 0 Å². The van der Waals surface area contributed by atoms with Gasteiger partial charge in [0.05, 0.1) is 0 Å². The summed E-state index contributed by atoms with van der Waals surface area (Å²) >= 11 is 7.78. The van der Waals surface area contributed by atoms with Crippen molar-refractivity contribution in [1.82, 2.24) is 9.47 Å². The summed E-state index contributed by atoms with van der Waals surface area (Å²) in [5, 5.41) is 13.8. The van der Waals surface area contributed by atoms with Crippen molar-refractivity contribution in [2.75, 3.05) is 49.7 Å². The number of aromatic carboxylic acids is 1. The number of carbonyl (C=O) groups excluding carboxylic acids is 2. The van der Waals surface area contributed by atoms with Crippen molar-refractivity contribution in [3.05, 3.63) is 89.1 Å². The van der Waals surface area contributed by atoms with Gasteiger partial charge >= 0.3 is 5.97 Å². The molecular formula is C30H31ClN4O4S. The van der Waals surface area contributed by atoms with E-state index in [0.29, 0.717) is 47.7 Å². The molecule has 1 saturated heterocycles. The summed E-state index contributed by atoms with van der Waals surface area (Å²) in [6.45, 7) is 2.14. The number of anilines is 2. The van der Waals surface area contributed by atoms with Gasteiger partial charge in [0.15, 0.2) is 6.29 Å². The Morgan fingerprint density at radius 1 is 1.00 bits per heavy atom. The molecule has 40 heavy (non-hydrogen) atoms. The van der Waals surface area contributed by atoms with Gasteiger partial charge in [-0.3, -0.25) is 9.59 Å². The van der Waals surface area contributed by atoms with Gasteiger partial charge in [0.25, 0.3) is 0 Å². The van der Waals surface area contributed by atoms with Crippen molar-refractivity contribution in [3.63, 3.8) is 0 Å². The van der Waals surface area contributed by atoms with E-state index in [2.05, 4.69) is 40.7 Å². The SMILES string of the molecule is CNc1ccc(SC)cc1.O=Cc1ccccc1N1CCN(C(=O)Cn2c(C(=O)O)cc3cc(Cl)ccc32)CC1. The maximum absolute atomic E-state index is 12.9. The second-order valence-corrected chi connectivity index (χ2v) is 10.5. The number of para-hydroxylation sites is 1. The van der Waals surface area contributed by atoms with Crippen LogP contribution < -0.4 is 10.2 Å². The van der Waals surface area contributed by atoms with Crippen LogP contribution in [0, 0.1) is 0 Å². The molecule has 4 aromatic rings. The number of aldehydes is 1. The molecule has 1 aliphatic heterocycles. The first-order valence-electron chi connectivity index (χ1n) is 12.8. The Morgan fingerprint density at radius 3 is 2.33 bits per heavy atom. The third kappa shape index (κ3) is 6.78. The van der Waals surface area contributed by atoms with Crippen LogP contribution in [0.5, 0.6) is 0 Å². The van der Waals surface area contributed by atoms with Crippen LogP contribution >= 0.6 is 23.4 Å². The zero-order valence-electron chi connectivity index (χ0n) is 22.3. The van der Waals surface area contributed by atoms with Crippen LogP contribution in [-0.2, 0) is 11.3 Å². The second kappa shape index (κ2) is 13.4. The van der Waals surface area contributed by atoms with Gasteiger partial charge in [-0.25, -0.2) is 4.79 Å². The molecule has 5 rings (SSSR count). The minimum Gasteiger partial charge on any atom is -0.477 e. The van der Waals surface area contributed by atoms with Crippen molar-refractivity contribution >= 4 is 63.8 Å². The molecule has 0 unspecified atom stereocenters. The van der Waals surface area contributed by atoms with Gasteiger partial charge in [-0.1, -0.05) is 23.7 Å². The highest BCUT2D eigenvalue weighted by molar-refractivity contribution is 7.98. The molecule has 2 heterocycles. The van der Waals surface area contributed by atoms with Crippen molar-refractivity contribution in [2.45, 2.75) is 11.4 Å². The first-order valence-corrected chi connectivity index (χ1v) is 14.4. The van der Waals surface area contributed by atoms with Gasteiger partial charge in [0.2, 0.25) is 5.91 Å². The number of carboxylic acids is 1. The standard InChI is InChI=1S/C22H20ClN3O4.C8H11NS/c23-17-5-6-19-16(11-17)12-20(22(29)30)26(19)13-21(28)25-9-7-24(8-10-25)18-4-2-1-3-15(18)14-27;1-9-7-3-5-8(10-2)6-4-7/h1-6,11-12,14H,7-10,13H2,(H,29,30);3-6,9H,1-2H3. The summed E-state index contributed by atoms with van der Waals surface area (Å²) in [5.41, 5.74) is 3.36. The van der Waals surface area contributed by atoms with Crippen LogP contribution in [0.25, 0.3) is 10.9 Å². The first-order chi connectivity index (χ1) is 19.3. The van der Waals surface area contributed by atoms with Gasteiger partial charge < -0.3 is 24.8 Å². The lowest BCUT2D eigenvalue weighted by molar-refractivity contribution is -0.132. The van der Waals surface area contributed by atoms with E-state index < -0.39 is 5.97 Å². The Balaban J connectivity index is 0.000000312. The number of carboxylic acid groups (broad SMARTS) is 1. The molecule has 0 saturated carbocycles. The highest BCUT2D eigenvalue weighted by atomic mass is 35.5. The fourth-order valence-electron chi connectivity index (χ4n) is 4.65. The summed E-state index contributed by atoms with van der Waals surface area (Å²) in [7, 11) is 1.92. The van der Waals surface area contributed by atoms with E-state index in [9.17, 15) is 19.5 Å². The molecule has 208 valence electrons. The molecule has 3 aromatic carbocycles. The third-order valence-corrected chi connectivity index (χ3v) is 7.77. The number of nitrogens with one attached hydrogen (secondary N) is 1. The minimum absolute atomic E-state index is 0.0548. The lowest BCUT2D eigenvalue weighted by Crippen LogP contribution is -2.50. The maximum Gasteiger partial charge on any atom is 0.352 e. The summed E-state index contributed by atoms with van der Waals surface area (Å²) in [5.74, 6) is -1.24. The van der Waals surface area contributed by atoms with E-state index in [0.717, 1.165) is 17.7 Å². The number of rotatable bonds is 7. The van der Waals surface area contributed by atoms with E-state index in [1.807, 2.05) is 25.2 Å². The van der Waals surface area contributed by atoms with Crippen LogP contribution in [0.15, 0.2) is 77.7 Å². The Kier molecular flexibility index (Phi) is 9.74. The van der Waals surface area contributed by atoms with Crippen molar-refractivity contribution in [1.29, 1.82) is 0 Å². The molecule has 1 fully saturated rings. The van der Waals surface area contributed by atoms with Gasteiger partial charge in [-0.15, -0.1) is 11.8 Å². The fraction of sp³-hybridized carbons (Fsp3) is 0.233. The summed E-state index contributed by atoms with van der Waals surface area (Å²) in [6.07, 6.45) is 2.91. The largest absolute Gasteiger partial charge is 0.477 e. The number of hydrogen-bond donors (Lipinski definition) is 2. The highest BCUT2D eigenvalue weighted by Gasteiger charge is 2.24. The smallest absolute Gasteiger partial charge is 0.352 e. The van der Waals surface area contributed by atoms with E-state index in [1.165, 1.54) is 15.5 Å². The number of amides is 1. The number of piperazine rings is 1. The molecular weight excluding hydrogens is 548 g/mol. The van der Waals surface area contributed by atoms with Gasteiger partial charge in [0, 0.05) is 71.0 Å². The zero-order chi connectivity index (χ0) is 28.6. The van der Waals surface area contributed by atoms with Crippen molar-refractivity contribution in [3.8, 4) is 0 Å². The van der Waals surface area contributed by atoms with Gasteiger partial charge in [0.1, 0.15) is 12.2 Å². The Morgan fingerprint density at radius 2 is 1.70 bits per heavy atom. The first kappa shape index (κ1) is 29.0. The summed E-state index contributed by atoms with van der Waals surface area (Å²) in [6, 6.07) is 22.4. The quantitative estimate of drug-likeness (QED) is 0.218. The predicted molar refractivity (Wildman–Crippen MR) is 162 cm³/mol. The molecule has 0 spiro atoms. The number of fused-ring (bicyclic) bond motifs is 1. The number of nitrogens with zero attached hydrogens (tertiary/aromatic N) is 3. The number of hydrogen-bond acceptors (Lipinski definition) is 6. The van der Waals surface area contributed by atoms with Crippen LogP contribution in [0.1, 0.15) is 20.8 Å². The monoisotopic (exact) mass is 578 g/mol. The summed E-state index contributed by atoms with van der Waals surface area (Å²) in [4.78, 5) is 41.0. The number of halogens is 1. The number of thioether (sulfide) groups is 1. The molecule has 10 heteroatoms. The third-order valence-electron chi connectivity index (χ3n) is 6.79. The average Bonchev–Trinajstić information content (AvgIpc) is 3.34. The second-order valence-electron chi connectivity index (χ2n) is 9.15. The molecule has 1 aromatic heterocycles. The van der Waals surface area contributed by atoms with E-state index in [-0.39, 0.29) is 18.1 Å². The van der Waals surface area contributed by atoms with E-state index in [1.54, 1.807) is 40.9 Å². The molecule has 2 N–H and O–H groups in total. The zero-order valence-corrected chi connectivity index (χ0v) is 23.9. The number of aromatic nitrogens is 1. The molecule has 8 nitrogen and oxygen atoms in total. The average molecular weight is 579 g/mol. The topological polar surface area (TPSA) is 94.9 Å². The lowest BCUT2D eigenvalue weighted by Gasteiger charge is -2.36. The number of benzene rings is 3. The number of carbonyl (C=O) groups is 3. The molecule has 0 aliphatic carbocycles. The Hall–Kier alpha value is -3.95. The lowest BCUT2D eigenvalue weighted by atomic mass is 10.1. The normalized spacial score (nSPS) is 13.0. The van der Waals surface area contributed by atoms with Crippen LogP contribution in [0.2, 0.25) is 5.02 Å². The molecule has 1 amide bonds. The Labute approximate surface area is 242 Å². The fourth-order valence-corrected chi connectivity index (χ4v) is 5.24. The molecule has 1 aliphatic rings. The molecule has 0 radical (unpaired) electrons. The Bertz CT molecular complexity index is 1470. The predicted octanol–water partition coefficient (Wildman–Crippen LogP) is 5.60. The molecule has 0 atom stereocenters. The van der Waals surface area contributed by atoms with Crippen LogP contribution in [0.4, 0.5) is 11.4 Å². The van der Waals surface area contributed by atoms with E-state index in [4.69, 9.17) is 11.6 Å². The van der Waals surface area contributed by atoms with Crippen molar-refractivity contribution in [2.24, 2.45) is 0 Å². The van der Waals surface area contributed by atoms with Crippen LogP contribution in [-0.4, -0.2) is 72.2 Å². The maximum atomic E-state index is 12.9.